The summed E-state index contributed by atoms with van der Waals surface area (Å²) in [6.45, 7) is 10.9. The van der Waals surface area contributed by atoms with E-state index in [4.69, 9.17) is 4.74 Å². The molecule has 1 saturated carbocycles. The highest BCUT2D eigenvalue weighted by atomic mass is 16.6. The van der Waals surface area contributed by atoms with E-state index in [9.17, 15) is 9.90 Å². The van der Waals surface area contributed by atoms with Crippen molar-refractivity contribution < 1.29 is 14.6 Å². The molecular formula is C17H34N2O3. The number of alkyl carbamates (subject to hydrolysis) is 1. The van der Waals surface area contributed by atoms with E-state index < -0.39 is 5.60 Å². The van der Waals surface area contributed by atoms with Gasteiger partial charge in [0.25, 0.3) is 0 Å². The molecule has 0 aromatic carbocycles. The summed E-state index contributed by atoms with van der Waals surface area (Å²) in [4.78, 5) is 11.8. The number of aliphatic hydroxyl groups excluding tert-OH is 1. The summed E-state index contributed by atoms with van der Waals surface area (Å²) in [6, 6.07) is 0.358. The number of hydrogen-bond acceptors (Lipinski definition) is 4. The smallest absolute Gasteiger partial charge is 0.407 e. The Morgan fingerprint density at radius 3 is 2.50 bits per heavy atom. The number of nitrogens with one attached hydrogen (secondary N) is 2. The van der Waals surface area contributed by atoms with Gasteiger partial charge in [0, 0.05) is 19.1 Å². The van der Waals surface area contributed by atoms with Gasteiger partial charge in [-0.1, -0.05) is 26.7 Å². The number of carbonyl (C=O) groups excluding carboxylic acids is 1. The molecule has 5 nitrogen and oxygen atoms in total. The Morgan fingerprint density at radius 1 is 1.27 bits per heavy atom. The van der Waals surface area contributed by atoms with Crippen LogP contribution in [-0.4, -0.2) is 42.0 Å². The minimum atomic E-state index is -0.463. The van der Waals surface area contributed by atoms with Gasteiger partial charge in [0.2, 0.25) is 0 Å². The number of ether oxygens (including phenoxy) is 1. The van der Waals surface area contributed by atoms with Crippen LogP contribution in [0.4, 0.5) is 4.79 Å². The molecule has 1 rings (SSSR count). The summed E-state index contributed by atoms with van der Waals surface area (Å²) in [7, 11) is 0. The number of amides is 1. The van der Waals surface area contributed by atoms with Crippen LogP contribution in [0.5, 0.6) is 0 Å². The molecule has 3 unspecified atom stereocenters. The van der Waals surface area contributed by atoms with Crippen molar-refractivity contribution in [3.8, 4) is 0 Å². The minimum Gasteiger partial charge on any atom is -0.444 e. The lowest BCUT2D eigenvalue weighted by molar-refractivity contribution is 0.0507. The van der Waals surface area contributed by atoms with Gasteiger partial charge in [0.05, 0.1) is 6.10 Å². The van der Waals surface area contributed by atoms with E-state index in [1.165, 1.54) is 12.8 Å². The van der Waals surface area contributed by atoms with E-state index in [1.807, 2.05) is 34.6 Å². The summed E-state index contributed by atoms with van der Waals surface area (Å²) in [6.07, 6.45) is 3.95. The van der Waals surface area contributed by atoms with Gasteiger partial charge in [-0.2, -0.15) is 0 Å². The largest absolute Gasteiger partial charge is 0.444 e. The molecule has 0 aromatic heterocycles. The number of aliphatic hydroxyl groups is 1. The summed E-state index contributed by atoms with van der Waals surface area (Å²) in [5.74, 6) is 0.662. The highest BCUT2D eigenvalue weighted by Crippen LogP contribution is 2.24. The van der Waals surface area contributed by atoms with E-state index in [0.29, 0.717) is 25.0 Å². The van der Waals surface area contributed by atoms with Gasteiger partial charge in [-0.3, -0.25) is 0 Å². The lowest BCUT2D eigenvalue weighted by Crippen LogP contribution is -2.47. The molecule has 1 fully saturated rings. The number of hydrogen-bond donors (Lipinski definition) is 3. The van der Waals surface area contributed by atoms with Gasteiger partial charge in [0.1, 0.15) is 5.60 Å². The second-order valence-electron chi connectivity index (χ2n) is 7.75. The van der Waals surface area contributed by atoms with Crippen molar-refractivity contribution in [3.63, 3.8) is 0 Å². The van der Waals surface area contributed by atoms with Crippen LogP contribution in [0.15, 0.2) is 0 Å². The fourth-order valence-electron chi connectivity index (χ4n) is 2.76. The van der Waals surface area contributed by atoms with E-state index in [0.717, 1.165) is 12.8 Å². The maximum Gasteiger partial charge on any atom is 0.407 e. The van der Waals surface area contributed by atoms with Crippen LogP contribution < -0.4 is 10.6 Å². The third-order valence-electron chi connectivity index (χ3n) is 4.18. The van der Waals surface area contributed by atoms with Crippen molar-refractivity contribution in [3.05, 3.63) is 0 Å². The van der Waals surface area contributed by atoms with E-state index in [1.54, 1.807) is 0 Å². The van der Waals surface area contributed by atoms with Crippen LogP contribution in [0.25, 0.3) is 0 Å². The molecule has 3 atom stereocenters. The predicted molar refractivity (Wildman–Crippen MR) is 88.8 cm³/mol. The first kappa shape index (κ1) is 19.2. The van der Waals surface area contributed by atoms with Gasteiger partial charge >= 0.3 is 6.09 Å². The zero-order chi connectivity index (χ0) is 16.8. The number of rotatable bonds is 6. The van der Waals surface area contributed by atoms with E-state index >= 15 is 0 Å². The lowest BCUT2D eigenvalue weighted by atomic mass is 9.84. The molecular weight excluding hydrogens is 280 g/mol. The summed E-state index contributed by atoms with van der Waals surface area (Å²) in [5, 5.41) is 16.3. The summed E-state index contributed by atoms with van der Waals surface area (Å²) < 4.78 is 5.28. The number of carbonyl (C=O) groups is 1. The Labute approximate surface area is 135 Å². The Hall–Kier alpha value is -0.810. The van der Waals surface area contributed by atoms with Crippen LogP contribution >= 0.6 is 0 Å². The predicted octanol–water partition coefficient (Wildman–Crippen LogP) is 2.68. The van der Waals surface area contributed by atoms with Crippen LogP contribution in [0.1, 0.15) is 60.3 Å². The van der Waals surface area contributed by atoms with Crippen molar-refractivity contribution in [1.82, 2.24) is 10.6 Å². The molecule has 22 heavy (non-hydrogen) atoms. The lowest BCUT2D eigenvalue weighted by Gasteiger charge is -2.33. The molecule has 1 amide bonds. The Balaban J connectivity index is 2.40. The van der Waals surface area contributed by atoms with Crippen molar-refractivity contribution in [2.24, 2.45) is 11.8 Å². The molecule has 0 bridgehead atoms. The van der Waals surface area contributed by atoms with E-state index in [2.05, 4.69) is 10.6 Å². The zero-order valence-corrected chi connectivity index (χ0v) is 14.8. The van der Waals surface area contributed by atoms with Gasteiger partial charge in [0.15, 0.2) is 0 Å². The molecule has 1 aliphatic rings. The van der Waals surface area contributed by atoms with Crippen molar-refractivity contribution in [2.75, 3.05) is 13.1 Å². The Kier molecular flexibility index (Phi) is 7.63. The van der Waals surface area contributed by atoms with Gasteiger partial charge < -0.3 is 20.5 Å². The van der Waals surface area contributed by atoms with Crippen LogP contribution in [0, 0.1) is 11.8 Å². The average Bonchev–Trinajstić information content (AvgIpc) is 2.41. The average molecular weight is 314 g/mol. The molecule has 0 saturated heterocycles. The quantitative estimate of drug-likeness (QED) is 0.705. The first-order chi connectivity index (χ1) is 10.2. The molecule has 5 heteroatoms. The zero-order valence-electron chi connectivity index (χ0n) is 14.8. The molecule has 0 radical (unpaired) electrons. The van der Waals surface area contributed by atoms with Crippen molar-refractivity contribution in [1.29, 1.82) is 0 Å². The first-order valence-electron chi connectivity index (χ1n) is 8.57. The summed E-state index contributed by atoms with van der Waals surface area (Å²) in [5.41, 5.74) is -0.463. The Morgan fingerprint density at radius 2 is 1.91 bits per heavy atom. The van der Waals surface area contributed by atoms with Crippen molar-refractivity contribution >= 4 is 6.09 Å². The summed E-state index contributed by atoms with van der Waals surface area (Å²) >= 11 is 0. The van der Waals surface area contributed by atoms with Gasteiger partial charge in [-0.25, -0.2) is 4.79 Å². The van der Waals surface area contributed by atoms with E-state index in [-0.39, 0.29) is 18.1 Å². The molecule has 0 spiro atoms. The van der Waals surface area contributed by atoms with Crippen LogP contribution in [0.2, 0.25) is 0 Å². The normalized spacial score (nSPS) is 24.1. The highest BCUT2D eigenvalue weighted by molar-refractivity contribution is 5.67. The maximum absolute atomic E-state index is 11.8. The molecule has 130 valence electrons. The molecule has 3 N–H and O–H groups in total. The molecule has 1 aliphatic carbocycles. The fourth-order valence-corrected chi connectivity index (χ4v) is 2.76. The third kappa shape index (κ3) is 7.45. The Bertz CT molecular complexity index is 339. The highest BCUT2D eigenvalue weighted by Gasteiger charge is 2.26. The SMILES string of the molecule is CC(C)C(O)CNC1CCCCC1CNC(=O)OC(C)(C)C. The molecule has 0 heterocycles. The van der Waals surface area contributed by atoms with Crippen LogP contribution in [0.3, 0.4) is 0 Å². The van der Waals surface area contributed by atoms with Crippen LogP contribution in [-0.2, 0) is 4.74 Å². The standard InChI is InChI=1S/C17H34N2O3/c1-12(2)15(20)11-18-14-9-7-6-8-13(14)10-19-16(21)22-17(3,4)5/h12-15,18,20H,6-11H2,1-5H3,(H,19,21). The van der Waals surface area contributed by atoms with Crippen molar-refractivity contribution in [2.45, 2.75) is 78.0 Å². The topological polar surface area (TPSA) is 70.6 Å². The first-order valence-corrected chi connectivity index (χ1v) is 8.57. The molecule has 0 aliphatic heterocycles. The van der Waals surface area contributed by atoms with Gasteiger partial charge in [-0.15, -0.1) is 0 Å². The third-order valence-corrected chi connectivity index (χ3v) is 4.18. The second-order valence-corrected chi connectivity index (χ2v) is 7.75. The second kappa shape index (κ2) is 8.73. The molecule has 0 aromatic rings. The minimum absolute atomic E-state index is 0.259. The fraction of sp³-hybridized carbons (Fsp3) is 0.941. The monoisotopic (exact) mass is 314 g/mol. The maximum atomic E-state index is 11.8. The van der Waals surface area contributed by atoms with Gasteiger partial charge in [-0.05, 0) is 45.4 Å².